The molecule has 2 aliphatic rings. The van der Waals surface area contributed by atoms with Crippen LogP contribution in [0.25, 0.3) is 0 Å². The van der Waals surface area contributed by atoms with Crippen LogP contribution in [0.1, 0.15) is 59.8 Å². The maximum atomic E-state index is 12.2. The molecule has 1 amide bonds. The summed E-state index contributed by atoms with van der Waals surface area (Å²) < 4.78 is 0. The van der Waals surface area contributed by atoms with E-state index in [-0.39, 0.29) is 17.4 Å². The lowest BCUT2D eigenvalue weighted by Gasteiger charge is -2.47. The summed E-state index contributed by atoms with van der Waals surface area (Å²) in [5.74, 6) is 0.334. The van der Waals surface area contributed by atoms with Gasteiger partial charge in [-0.15, -0.1) is 0 Å². The number of carbonyl (C=O) groups excluding carboxylic acids is 1. The molecule has 4 nitrogen and oxygen atoms in total. The van der Waals surface area contributed by atoms with Gasteiger partial charge in [0, 0.05) is 23.6 Å². The van der Waals surface area contributed by atoms with Gasteiger partial charge in [-0.05, 0) is 46.6 Å². The van der Waals surface area contributed by atoms with E-state index in [9.17, 15) is 10.0 Å². The molecule has 1 heterocycles. The third-order valence-corrected chi connectivity index (χ3v) is 4.28. The molecule has 0 aromatic carbocycles. The van der Waals surface area contributed by atoms with Crippen LogP contribution in [0.5, 0.6) is 0 Å². The highest BCUT2D eigenvalue weighted by atomic mass is 16.5. The molecule has 0 aromatic heterocycles. The van der Waals surface area contributed by atoms with Crippen LogP contribution in [-0.2, 0) is 4.79 Å². The predicted octanol–water partition coefficient (Wildman–Crippen LogP) is 2.83. The molecule has 0 aromatic rings. The Balaban J connectivity index is 2.09. The lowest BCUT2D eigenvalue weighted by molar-refractivity contribution is -0.214. The molecule has 0 radical (unpaired) electrons. The summed E-state index contributed by atoms with van der Waals surface area (Å²) in [6, 6.07) is 0. The highest BCUT2D eigenvalue weighted by molar-refractivity contribution is 5.80. The third-order valence-electron chi connectivity index (χ3n) is 4.28. The maximum absolute atomic E-state index is 12.2. The van der Waals surface area contributed by atoms with Crippen LogP contribution in [0.2, 0.25) is 0 Å². The topological polar surface area (TPSA) is 52.6 Å². The van der Waals surface area contributed by atoms with Crippen LogP contribution in [0.4, 0.5) is 0 Å². The lowest BCUT2D eigenvalue weighted by atomic mass is 9.85. The summed E-state index contributed by atoms with van der Waals surface area (Å²) in [7, 11) is 0. The fraction of sp³-hybridized carbons (Fsp3) is 0.800. The Labute approximate surface area is 115 Å². The van der Waals surface area contributed by atoms with Crippen LogP contribution in [-0.4, -0.2) is 27.3 Å². The number of amides is 1. The Bertz CT molecular complexity index is 393. The Morgan fingerprint density at radius 1 is 1.32 bits per heavy atom. The number of rotatable bonds is 2. The molecule has 1 saturated carbocycles. The molecule has 19 heavy (non-hydrogen) atoms. The van der Waals surface area contributed by atoms with Crippen molar-refractivity contribution in [3.05, 3.63) is 11.8 Å². The second kappa shape index (κ2) is 4.91. The minimum atomic E-state index is -0.458. The number of hydrogen-bond donors (Lipinski definition) is 2. The Hall–Kier alpha value is -0.870. The molecule has 4 heteroatoms. The Morgan fingerprint density at radius 3 is 2.42 bits per heavy atom. The number of nitrogens with zero attached hydrogens (tertiary/aromatic N) is 1. The minimum absolute atomic E-state index is 0.154. The quantitative estimate of drug-likeness (QED) is 0.808. The average molecular weight is 266 g/mol. The molecule has 0 bridgehead atoms. The summed E-state index contributed by atoms with van der Waals surface area (Å²) in [5, 5.41) is 14.7. The zero-order valence-corrected chi connectivity index (χ0v) is 12.5. The van der Waals surface area contributed by atoms with Crippen molar-refractivity contribution in [2.24, 2.45) is 5.92 Å². The van der Waals surface area contributed by atoms with E-state index >= 15 is 0 Å². The van der Waals surface area contributed by atoms with Crippen LogP contribution >= 0.6 is 0 Å². The molecular weight excluding hydrogens is 240 g/mol. The number of carbonyl (C=O) groups is 1. The fourth-order valence-corrected chi connectivity index (χ4v) is 3.39. The van der Waals surface area contributed by atoms with Crippen LogP contribution in [0, 0.1) is 5.92 Å². The first-order valence-electron chi connectivity index (χ1n) is 7.24. The molecule has 2 N–H and O–H groups in total. The maximum Gasteiger partial charge on any atom is 0.227 e. The van der Waals surface area contributed by atoms with Gasteiger partial charge in [-0.3, -0.25) is 4.79 Å². The first-order chi connectivity index (χ1) is 8.72. The molecule has 0 spiro atoms. The zero-order valence-electron chi connectivity index (χ0n) is 12.5. The SMILES string of the molecule is CC1(C)C=C(NC(=O)C2CCCC2)CC(C)(C)N1O. The number of hydrogen-bond acceptors (Lipinski definition) is 3. The van der Waals surface area contributed by atoms with Crippen molar-refractivity contribution < 1.29 is 10.0 Å². The molecule has 0 saturated heterocycles. The van der Waals surface area contributed by atoms with Gasteiger partial charge in [-0.25, -0.2) is 0 Å². The number of hydroxylamine groups is 2. The second-order valence-electron chi connectivity index (χ2n) is 7.09. The normalized spacial score (nSPS) is 27.1. The summed E-state index contributed by atoms with van der Waals surface area (Å²) in [6.45, 7) is 7.89. The highest BCUT2D eigenvalue weighted by Gasteiger charge is 2.41. The second-order valence-corrected chi connectivity index (χ2v) is 7.09. The highest BCUT2D eigenvalue weighted by Crippen LogP contribution is 2.35. The first kappa shape index (κ1) is 14.5. The summed E-state index contributed by atoms with van der Waals surface area (Å²) in [4.78, 5) is 12.2. The van der Waals surface area contributed by atoms with E-state index in [1.165, 1.54) is 17.9 Å². The largest absolute Gasteiger partial charge is 0.330 e. The Morgan fingerprint density at radius 2 is 1.89 bits per heavy atom. The molecule has 1 aliphatic heterocycles. The molecule has 0 atom stereocenters. The van der Waals surface area contributed by atoms with Crippen molar-refractivity contribution in [1.29, 1.82) is 0 Å². The van der Waals surface area contributed by atoms with E-state index in [1.54, 1.807) is 0 Å². The van der Waals surface area contributed by atoms with Crippen molar-refractivity contribution in [1.82, 2.24) is 10.4 Å². The monoisotopic (exact) mass is 266 g/mol. The van der Waals surface area contributed by atoms with Gasteiger partial charge in [-0.1, -0.05) is 12.8 Å². The molecule has 1 aliphatic carbocycles. The predicted molar refractivity (Wildman–Crippen MR) is 74.6 cm³/mol. The van der Waals surface area contributed by atoms with E-state index in [1.807, 2.05) is 33.8 Å². The van der Waals surface area contributed by atoms with Crippen molar-refractivity contribution in [3.63, 3.8) is 0 Å². The van der Waals surface area contributed by atoms with Gasteiger partial charge >= 0.3 is 0 Å². The average Bonchev–Trinajstić information content (AvgIpc) is 2.78. The lowest BCUT2D eigenvalue weighted by Crippen LogP contribution is -2.56. The summed E-state index contributed by atoms with van der Waals surface area (Å²) in [6.07, 6.45) is 6.98. The molecule has 0 unspecified atom stereocenters. The molecular formula is C15H26N2O2. The van der Waals surface area contributed by atoms with Crippen molar-refractivity contribution >= 4 is 5.91 Å². The van der Waals surface area contributed by atoms with Crippen molar-refractivity contribution in [2.75, 3.05) is 0 Å². The van der Waals surface area contributed by atoms with Crippen molar-refractivity contribution in [2.45, 2.75) is 70.9 Å². The Kier molecular flexibility index (Phi) is 3.76. The molecule has 2 rings (SSSR count). The van der Waals surface area contributed by atoms with Gasteiger partial charge < -0.3 is 10.5 Å². The van der Waals surface area contributed by atoms with Crippen LogP contribution in [0.3, 0.4) is 0 Å². The van der Waals surface area contributed by atoms with Crippen molar-refractivity contribution in [3.8, 4) is 0 Å². The van der Waals surface area contributed by atoms with Gasteiger partial charge in [-0.2, -0.15) is 5.06 Å². The number of nitrogens with one attached hydrogen (secondary N) is 1. The minimum Gasteiger partial charge on any atom is -0.330 e. The van der Waals surface area contributed by atoms with Gasteiger partial charge in [0.05, 0.1) is 5.54 Å². The van der Waals surface area contributed by atoms with Gasteiger partial charge in [0.2, 0.25) is 5.91 Å². The van der Waals surface area contributed by atoms with E-state index in [4.69, 9.17) is 0 Å². The van der Waals surface area contributed by atoms with E-state index in [2.05, 4.69) is 5.32 Å². The van der Waals surface area contributed by atoms with E-state index in [0.29, 0.717) is 6.42 Å². The van der Waals surface area contributed by atoms with E-state index < -0.39 is 5.54 Å². The van der Waals surface area contributed by atoms with E-state index in [0.717, 1.165) is 18.5 Å². The zero-order chi connectivity index (χ0) is 14.3. The molecule has 1 fully saturated rings. The molecule has 108 valence electrons. The smallest absolute Gasteiger partial charge is 0.227 e. The summed E-state index contributed by atoms with van der Waals surface area (Å²) >= 11 is 0. The standard InChI is InChI=1S/C15H26N2O2/c1-14(2)9-12(10-15(3,4)17(14)19)16-13(18)11-7-5-6-8-11/h9,11,19H,5-8,10H2,1-4H3,(H,16,18). The van der Waals surface area contributed by atoms with Gasteiger partial charge in [0.1, 0.15) is 0 Å². The van der Waals surface area contributed by atoms with Crippen LogP contribution in [0.15, 0.2) is 11.8 Å². The van der Waals surface area contributed by atoms with Gasteiger partial charge in [0.15, 0.2) is 0 Å². The summed E-state index contributed by atoms with van der Waals surface area (Å²) in [5.41, 5.74) is 0.119. The first-order valence-corrected chi connectivity index (χ1v) is 7.24. The van der Waals surface area contributed by atoms with Crippen LogP contribution < -0.4 is 5.32 Å². The third kappa shape index (κ3) is 3.00. The van der Waals surface area contributed by atoms with Gasteiger partial charge in [0.25, 0.3) is 0 Å². The fourth-order valence-electron chi connectivity index (χ4n) is 3.39.